The molecule has 2 heterocycles. The third kappa shape index (κ3) is 4.97. The Morgan fingerprint density at radius 2 is 1.91 bits per heavy atom. The first-order chi connectivity index (χ1) is 15.5. The standard InChI is InChI=1S/C21H25F3N4O4S/c22-21(23,24)11-2-1-3-12(8-11)26-20-27-15-16(30)14(29)9-13(17(15)33-20)19(32)28-6-4-10(5-7-28)18(25)31/h1-3,8,10,13-17,29-30H,4-7,9H2,(H2,25,31)(H,26,27). The van der Waals surface area contributed by atoms with Gasteiger partial charge in [-0.05, 0) is 37.5 Å². The van der Waals surface area contributed by atoms with Gasteiger partial charge in [0.15, 0.2) is 5.17 Å². The van der Waals surface area contributed by atoms with Crippen LogP contribution in [0.1, 0.15) is 24.8 Å². The molecule has 1 aliphatic carbocycles. The van der Waals surface area contributed by atoms with Crippen molar-refractivity contribution in [2.75, 3.05) is 18.4 Å². The van der Waals surface area contributed by atoms with Crippen molar-refractivity contribution < 1.29 is 33.0 Å². The summed E-state index contributed by atoms with van der Waals surface area (Å²) < 4.78 is 39.0. The predicted octanol–water partition coefficient (Wildman–Crippen LogP) is 1.42. The number of nitrogens with one attached hydrogen (secondary N) is 1. The van der Waals surface area contributed by atoms with Gasteiger partial charge < -0.3 is 26.2 Å². The number of halogens is 3. The third-order valence-corrected chi connectivity index (χ3v) is 7.76. The summed E-state index contributed by atoms with van der Waals surface area (Å²) in [6.07, 6.45) is -5.83. The number of likely N-dealkylation sites (tertiary alicyclic amines) is 1. The molecule has 5 atom stereocenters. The van der Waals surface area contributed by atoms with Crippen molar-refractivity contribution in [1.82, 2.24) is 4.90 Å². The van der Waals surface area contributed by atoms with E-state index in [9.17, 15) is 33.0 Å². The molecule has 0 bridgehead atoms. The van der Waals surface area contributed by atoms with Crippen LogP contribution in [0.15, 0.2) is 29.3 Å². The first-order valence-electron chi connectivity index (χ1n) is 10.7. The number of rotatable bonds is 3. The molecule has 8 nitrogen and oxygen atoms in total. The summed E-state index contributed by atoms with van der Waals surface area (Å²) >= 11 is 1.18. The van der Waals surface area contributed by atoms with Crippen molar-refractivity contribution >= 4 is 34.4 Å². The highest BCUT2D eigenvalue weighted by Gasteiger charge is 2.51. The van der Waals surface area contributed by atoms with E-state index in [0.717, 1.165) is 12.1 Å². The van der Waals surface area contributed by atoms with Crippen molar-refractivity contribution in [1.29, 1.82) is 0 Å². The monoisotopic (exact) mass is 486 g/mol. The summed E-state index contributed by atoms with van der Waals surface area (Å²) in [5, 5.41) is 23.5. The molecule has 2 fully saturated rings. The predicted molar refractivity (Wildman–Crippen MR) is 116 cm³/mol. The highest BCUT2D eigenvalue weighted by molar-refractivity contribution is 8.15. The molecule has 5 unspecified atom stereocenters. The van der Waals surface area contributed by atoms with Gasteiger partial charge in [-0.25, -0.2) is 0 Å². The lowest BCUT2D eigenvalue weighted by Crippen LogP contribution is -2.55. The van der Waals surface area contributed by atoms with E-state index in [2.05, 4.69) is 10.3 Å². The molecule has 12 heteroatoms. The van der Waals surface area contributed by atoms with Gasteiger partial charge in [-0.1, -0.05) is 17.8 Å². The van der Waals surface area contributed by atoms with Crippen LogP contribution in [-0.2, 0) is 15.8 Å². The number of benzene rings is 1. The Labute approximate surface area is 192 Å². The first-order valence-corrected chi connectivity index (χ1v) is 11.6. The first kappa shape index (κ1) is 23.8. The lowest BCUT2D eigenvalue weighted by molar-refractivity contribution is -0.142. The van der Waals surface area contributed by atoms with E-state index in [1.165, 1.54) is 23.9 Å². The van der Waals surface area contributed by atoms with Gasteiger partial charge in [0.05, 0.1) is 23.6 Å². The summed E-state index contributed by atoms with van der Waals surface area (Å²) in [5.41, 5.74) is 4.73. The van der Waals surface area contributed by atoms with Gasteiger partial charge in [0.1, 0.15) is 6.10 Å². The molecule has 2 amide bonds. The molecule has 5 N–H and O–H groups in total. The van der Waals surface area contributed by atoms with Crippen LogP contribution < -0.4 is 11.1 Å². The number of nitrogens with two attached hydrogens (primary N) is 1. The Morgan fingerprint density at radius 1 is 1.21 bits per heavy atom. The van der Waals surface area contributed by atoms with Crippen LogP contribution in [0.25, 0.3) is 0 Å². The number of aliphatic hydroxyl groups is 2. The second-order valence-corrected chi connectivity index (χ2v) is 9.78. The number of thioether (sulfide) groups is 1. The molecule has 3 aliphatic rings. The van der Waals surface area contributed by atoms with E-state index in [1.54, 1.807) is 4.90 Å². The third-order valence-electron chi connectivity index (χ3n) is 6.45. The Morgan fingerprint density at radius 3 is 2.55 bits per heavy atom. The van der Waals surface area contributed by atoms with E-state index in [-0.39, 0.29) is 35.0 Å². The summed E-state index contributed by atoms with van der Waals surface area (Å²) in [6, 6.07) is 3.90. The molecule has 0 radical (unpaired) electrons. The maximum Gasteiger partial charge on any atom is 0.416 e. The van der Waals surface area contributed by atoms with Gasteiger partial charge in [-0.15, -0.1) is 0 Å². The van der Waals surface area contributed by atoms with Gasteiger partial charge in [-0.3, -0.25) is 14.6 Å². The van der Waals surface area contributed by atoms with E-state index in [4.69, 9.17) is 5.73 Å². The number of aliphatic imine (C=N–C) groups is 1. The van der Waals surface area contributed by atoms with Gasteiger partial charge in [0, 0.05) is 29.9 Å². The van der Waals surface area contributed by atoms with E-state index in [1.807, 2.05) is 0 Å². The van der Waals surface area contributed by atoms with E-state index in [0.29, 0.717) is 25.9 Å². The Bertz CT molecular complexity index is 952. The number of aliphatic hydroxyl groups excluding tert-OH is 2. The fraction of sp³-hybridized carbons (Fsp3) is 0.571. The summed E-state index contributed by atoms with van der Waals surface area (Å²) in [7, 11) is 0. The van der Waals surface area contributed by atoms with Crippen molar-refractivity contribution in [2.24, 2.45) is 22.6 Å². The molecule has 1 saturated carbocycles. The lowest BCUT2D eigenvalue weighted by Gasteiger charge is -2.40. The molecule has 2 aliphatic heterocycles. The van der Waals surface area contributed by atoms with Crippen LogP contribution in [0.3, 0.4) is 0 Å². The Balaban J connectivity index is 1.47. The molecule has 0 spiro atoms. The van der Waals surface area contributed by atoms with Crippen molar-refractivity contribution in [3.63, 3.8) is 0 Å². The zero-order valence-electron chi connectivity index (χ0n) is 17.5. The molecule has 33 heavy (non-hydrogen) atoms. The molecule has 0 aromatic heterocycles. The highest BCUT2D eigenvalue weighted by atomic mass is 32.2. The number of primary amides is 1. The van der Waals surface area contributed by atoms with Crippen LogP contribution in [0.4, 0.5) is 18.9 Å². The number of hydrogen-bond donors (Lipinski definition) is 4. The molecule has 1 aromatic carbocycles. The van der Waals surface area contributed by atoms with Crippen molar-refractivity contribution in [2.45, 2.75) is 48.9 Å². The zero-order chi connectivity index (χ0) is 23.9. The average molecular weight is 487 g/mol. The average Bonchev–Trinajstić information content (AvgIpc) is 3.19. The quantitative estimate of drug-likeness (QED) is 0.512. The van der Waals surface area contributed by atoms with Crippen molar-refractivity contribution in [3.05, 3.63) is 29.8 Å². The van der Waals surface area contributed by atoms with Crippen LogP contribution in [0.2, 0.25) is 0 Å². The van der Waals surface area contributed by atoms with Gasteiger partial charge in [-0.2, -0.15) is 13.2 Å². The lowest BCUT2D eigenvalue weighted by atomic mass is 9.80. The fourth-order valence-electron chi connectivity index (χ4n) is 4.61. The van der Waals surface area contributed by atoms with Gasteiger partial charge >= 0.3 is 6.18 Å². The second-order valence-electron chi connectivity index (χ2n) is 8.61. The number of alkyl halides is 3. The maximum absolute atomic E-state index is 13.3. The molecule has 4 rings (SSSR count). The van der Waals surface area contributed by atoms with Gasteiger partial charge in [0.25, 0.3) is 0 Å². The number of hydrogen-bond acceptors (Lipinski definition) is 7. The zero-order valence-corrected chi connectivity index (χ0v) is 18.4. The fourth-order valence-corrected chi connectivity index (χ4v) is 5.98. The molecule has 1 aromatic rings. The van der Waals surface area contributed by atoms with Crippen LogP contribution in [0, 0.1) is 11.8 Å². The minimum atomic E-state index is -4.49. The highest BCUT2D eigenvalue weighted by Crippen LogP contribution is 2.42. The summed E-state index contributed by atoms with van der Waals surface area (Å²) in [6.45, 7) is 0.750. The number of carbonyl (C=O) groups is 2. The molecular formula is C21H25F3N4O4S. The Hall–Kier alpha value is -2.31. The summed E-state index contributed by atoms with van der Waals surface area (Å²) in [4.78, 5) is 30.7. The minimum absolute atomic E-state index is 0.0519. The minimum Gasteiger partial charge on any atom is -0.390 e. The molecular weight excluding hydrogens is 461 g/mol. The van der Waals surface area contributed by atoms with E-state index >= 15 is 0 Å². The van der Waals surface area contributed by atoms with Crippen LogP contribution in [0.5, 0.6) is 0 Å². The number of piperidine rings is 1. The largest absolute Gasteiger partial charge is 0.416 e. The van der Waals surface area contributed by atoms with Crippen LogP contribution in [-0.4, -0.2) is 68.7 Å². The summed E-state index contributed by atoms with van der Waals surface area (Å²) in [5.74, 6) is -1.48. The van der Waals surface area contributed by atoms with Crippen LogP contribution >= 0.6 is 11.8 Å². The number of anilines is 1. The normalized spacial score (nSPS) is 30.5. The number of fused-ring (bicyclic) bond motifs is 1. The smallest absolute Gasteiger partial charge is 0.390 e. The van der Waals surface area contributed by atoms with E-state index < -0.39 is 41.2 Å². The van der Waals surface area contributed by atoms with Gasteiger partial charge in [0.2, 0.25) is 11.8 Å². The van der Waals surface area contributed by atoms with Crippen molar-refractivity contribution in [3.8, 4) is 0 Å². The SMILES string of the molecule is NC(=O)C1CCN(C(=O)C2CC(O)C(O)C3N=C(Nc4cccc(C(F)(F)F)c4)SC23)CC1. The Kier molecular flexibility index (Phi) is 6.61. The molecule has 180 valence electrons. The number of carbonyl (C=O) groups excluding carboxylic acids is 2. The number of amides is 2. The second kappa shape index (κ2) is 9.15. The molecule has 1 saturated heterocycles. The maximum atomic E-state index is 13.3. The number of nitrogens with zero attached hydrogens (tertiary/aromatic N) is 2. The number of amidine groups is 1. The topological polar surface area (TPSA) is 128 Å².